The Bertz CT molecular complexity index is 758. The summed E-state index contributed by atoms with van der Waals surface area (Å²) in [6.07, 6.45) is 0. The molecular weight excluding hydrogens is 521 g/mol. The van der Waals surface area contributed by atoms with Gasteiger partial charge in [-0.3, -0.25) is 9.59 Å². The first-order valence-corrected chi connectivity index (χ1v) is 11.2. The van der Waals surface area contributed by atoms with Gasteiger partial charge < -0.3 is 10.6 Å². The van der Waals surface area contributed by atoms with E-state index in [1.807, 2.05) is 0 Å². The molecule has 29 heavy (non-hydrogen) atoms. The highest BCUT2D eigenvalue weighted by atomic mass is 35.6. The monoisotopic (exact) mass is 532 g/mol. The lowest BCUT2D eigenvalue weighted by molar-refractivity contribution is 0.0945. The minimum absolute atomic E-state index is 0.353. The quantitative estimate of drug-likeness (QED) is 0.354. The summed E-state index contributed by atoms with van der Waals surface area (Å²) < 4.78 is -3.92. The molecule has 2 atom stereocenters. The number of carbonyl (C=O) groups is 2. The van der Waals surface area contributed by atoms with Gasteiger partial charge in [0, 0.05) is 11.1 Å². The lowest BCUT2D eigenvalue weighted by Gasteiger charge is -2.32. The predicted octanol–water partition coefficient (Wildman–Crippen LogP) is 5.97. The fourth-order valence-corrected chi connectivity index (χ4v) is 4.29. The molecule has 2 amide bonds. The molecule has 11 heteroatoms. The van der Waals surface area contributed by atoms with Crippen LogP contribution in [0.25, 0.3) is 0 Å². The zero-order valence-corrected chi connectivity index (χ0v) is 19.8. The smallest absolute Gasteiger partial charge is 0.252 e. The Morgan fingerprint density at radius 3 is 1.24 bits per heavy atom. The third-order valence-corrected chi connectivity index (χ3v) is 7.04. The van der Waals surface area contributed by atoms with Gasteiger partial charge in [-0.1, -0.05) is 106 Å². The number of amides is 2. The molecule has 2 rings (SSSR count). The highest BCUT2D eigenvalue weighted by Gasteiger charge is 2.43. The summed E-state index contributed by atoms with van der Waals surface area (Å²) in [7, 11) is 0. The third-order valence-electron chi connectivity index (χ3n) is 3.46. The summed E-state index contributed by atoms with van der Waals surface area (Å²) in [6.45, 7) is 0. The third kappa shape index (κ3) is 7.91. The van der Waals surface area contributed by atoms with Crippen LogP contribution in [-0.2, 0) is 0 Å². The maximum absolute atomic E-state index is 12.5. The molecule has 0 radical (unpaired) electrons. The van der Waals surface area contributed by atoms with E-state index in [0.29, 0.717) is 11.1 Å². The Balaban J connectivity index is 2.20. The molecule has 0 aliphatic carbocycles. The Hall–Kier alpha value is -0.530. The first-order chi connectivity index (χ1) is 13.5. The van der Waals surface area contributed by atoms with Gasteiger partial charge in [0.1, 0.15) is 10.7 Å². The maximum atomic E-state index is 12.5. The van der Waals surface area contributed by atoms with E-state index in [2.05, 4.69) is 10.6 Å². The van der Waals surface area contributed by atoms with Crippen LogP contribution in [0.5, 0.6) is 0 Å². The maximum Gasteiger partial charge on any atom is 0.252 e. The van der Waals surface area contributed by atoms with Crippen molar-refractivity contribution in [3.8, 4) is 0 Å². The van der Waals surface area contributed by atoms with Crippen LogP contribution in [0.3, 0.4) is 0 Å². The SMILES string of the molecule is O=C(NC(SC(NC(=O)c1ccccc1)C(Cl)(Cl)Cl)C(Cl)(Cl)Cl)c1ccccc1. The second kappa shape index (κ2) is 10.7. The Morgan fingerprint density at radius 2 is 0.966 bits per heavy atom. The fraction of sp³-hybridized carbons (Fsp3) is 0.222. The number of benzene rings is 2. The molecule has 0 fully saturated rings. The van der Waals surface area contributed by atoms with Crippen molar-refractivity contribution < 1.29 is 9.59 Å². The largest absolute Gasteiger partial charge is 0.336 e. The highest BCUT2D eigenvalue weighted by Crippen LogP contribution is 2.43. The van der Waals surface area contributed by atoms with E-state index >= 15 is 0 Å². The second-order valence-electron chi connectivity index (χ2n) is 5.66. The minimum atomic E-state index is -1.96. The number of hydrogen-bond donors (Lipinski definition) is 2. The van der Waals surface area contributed by atoms with E-state index in [1.165, 1.54) is 0 Å². The van der Waals surface area contributed by atoms with Gasteiger partial charge >= 0.3 is 0 Å². The molecule has 2 N–H and O–H groups in total. The standard InChI is InChI=1S/C18H14Cl6N2O2S/c19-17(20,21)15(25-13(27)11-7-3-1-4-8-11)29-16(18(22,23)24)26-14(28)12-9-5-2-6-10-12/h1-10,15-16H,(H,25,27)(H,26,28). The highest BCUT2D eigenvalue weighted by molar-refractivity contribution is 8.01. The van der Waals surface area contributed by atoms with Crippen LogP contribution in [0.4, 0.5) is 0 Å². The first-order valence-electron chi connectivity index (χ1n) is 7.99. The molecule has 0 aliphatic heterocycles. The van der Waals surface area contributed by atoms with Crippen molar-refractivity contribution in [3.63, 3.8) is 0 Å². The molecule has 0 aromatic heterocycles. The van der Waals surface area contributed by atoms with Gasteiger partial charge in [-0.25, -0.2) is 0 Å². The van der Waals surface area contributed by atoms with Gasteiger partial charge in [0.15, 0.2) is 0 Å². The molecule has 0 saturated heterocycles. The van der Waals surface area contributed by atoms with Crippen LogP contribution in [0.15, 0.2) is 60.7 Å². The molecular formula is C18H14Cl6N2O2S. The molecule has 0 heterocycles. The van der Waals surface area contributed by atoms with E-state index < -0.39 is 30.1 Å². The van der Waals surface area contributed by atoms with E-state index in [0.717, 1.165) is 11.8 Å². The molecule has 0 saturated carbocycles. The normalized spacial score (nSPS) is 14.0. The van der Waals surface area contributed by atoms with Crippen molar-refractivity contribution >= 4 is 93.2 Å². The molecule has 156 valence electrons. The number of alkyl halides is 6. The summed E-state index contributed by atoms with van der Waals surface area (Å²) in [4.78, 5) is 25.0. The number of rotatable bonds is 6. The second-order valence-corrected chi connectivity index (χ2v) is 11.6. The molecule has 2 unspecified atom stereocenters. The van der Waals surface area contributed by atoms with Crippen LogP contribution in [0, 0.1) is 0 Å². The van der Waals surface area contributed by atoms with E-state index in [1.54, 1.807) is 60.7 Å². The van der Waals surface area contributed by atoms with Crippen molar-refractivity contribution in [3.05, 3.63) is 71.8 Å². The average Bonchev–Trinajstić information content (AvgIpc) is 2.66. The average molecular weight is 535 g/mol. The number of hydrogen-bond acceptors (Lipinski definition) is 3. The number of carbonyl (C=O) groups excluding carboxylic acids is 2. The van der Waals surface area contributed by atoms with Crippen LogP contribution in [0.2, 0.25) is 0 Å². The van der Waals surface area contributed by atoms with Gasteiger partial charge in [-0.15, -0.1) is 11.8 Å². The zero-order valence-electron chi connectivity index (χ0n) is 14.4. The van der Waals surface area contributed by atoms with Crippen LogP contribution < -0.4 is 10.6 Å². The van der Waals surface area contributed by atoms with Gasteiger partial charge in [0.05, 0.1) is 0 Å². The van der Waals surface area contributed by atoms with Gasteiger partial charge in [-0.2, -0.15) is 0 Å². The summed E-state index contributed by atoms with van der Waals surface area (Å²) in [5.74, 6) is -0.987. The molecule has 0 bridgehead atoms. The van der Waals surface area contributed by atoms with Crippen molar-refractivity contribution in [2.45, 2.75) is 18.3 Å². The lowest BCUT2D eigenvalue weighted by atomic mass is 10.2. The number of nitrogens with one attached hydrogen (secondary N) is 2. The van der Waals surface area contributed by atoms with Crippen molar-refractivity contribution in [2.75, 3.05) is 0 Å². The lowest BCUT2D eigenvalue weighted by Crippen LogP contribution is -2.48. The number of halogens is 6. The molecule has 0 aliphatic rings. The zero-order chi connectivity index (χ0) is 21.7. The van der Waals surface area contributed by atoms with Crippen molar-refractivity contribution in [2.24, 2.45) is 0 Å². The van der Waals surface area contributed by atoms with E-state index in [9.17, 15) is 9.59 Å². The summed E-state index contributed by atoms with van der Waals surface area (Å²) >= 11 is 37.0. The molecule has 4 nitrogen and oxygen atoms in total. The van der Waals surface area contributed by atoms with Gasteiger partial charge in [0.25, 0.3) is 11.8 Å². The summed E-state index contributed by atoms with van der Waals surface area (Å²) in [5, 5.41) is 2.90. The van der Waals surface area contributed by atoms with Crippen molar-refractivity contribution in [1.82, 2.24) is 10.6 Å². The predicted molar refractivity (Wildman–Crippen MR) is 124 cm³/mol. The molecule has 0 spiro atoms. The van der Waals surface area contributed by atoms with E-state index in [4.69, 9.17) is 69.6 Å². The van der Waals surface area contributed by atoms with Crippen LogP contribution in [0.1, 0.15) is 20.7 Å². The van der Waals surface area contributed by atoms with Crippen molar-refractivity contribution in [1.29, 1.82) is 0 Å². The summed E-state index contributed by atoms with van der Waals surface area (Å²) in [6, 6.07) is 16.7. The van der Waals surface area contributed by atoms with Crippen LogP contribution in [-0.4, -0.2) is 30.1 Å². The van der Waals surface area contributed by atoms with Gasteiger partial charge in [0.2, 0.25) is 7.59 Å². The Kier molecular flexibility index (Phi) is 9.10. The Labute approximate surface area is 202 Å². The van der Waals surface area contributed by atoms with Gasteiger partial charge in [-0.05, 0) is 24.3 Å². The summed E-state index contributed by atoms with van der Waals surface area (Å²) in [5.41, 5.74) is 0.706. The number of thioether (sulfide) groups is 1. The first kappa shape index (κ1) is 24.7. The van der Waals surface area contributed by atoms with E-state index in [-0.39, 0.29) is 0 Å². The molecule has 2 aromatic carbocycles. The van der Waals surface area contributed by atoms with Crippen LogP contribution >= 0.6 is 81.4 Å². The fourth-order valence-electron chi connectivity index (χ4n) is 2.11. The minimum Gasteiger partial charge on any atom is -0.336 e. The molecule has 2 aromatic rings. The topological polar surface area (TPSA) is 58.2 Å². The Morgan fingerprint density at radius 1 is 0.655 bits per heavy atom.